The van der Waals surface area contributed by atoms with E-state index in [2.05, 4.69) is 41.2 Å². The first kappa shape index (κ1) is 27.2. The number of aliphatic carboxylic acids is 1. The summed E-state index contributed by atoms with van der Waals surface area (Å²) in [5, 5.41) is 11.5. The summed E-state index contributed by atoms with van der Waals surface area (Å²) in [6.45, 7) is 5.71. The van der Waals surface area contributed by atoms with E-state index in [1.54, 1.807) is 0 Å². The van der Waals surface area contributed by atoms with Crippen LogP contribution in [0, 0.1) is 5.92 Å². The Kier molecular flexibility index (Phi) is 10.1. The summed E-state index contributed by atoms with van der Waals surface area (Å²) in [5.41, 5.74) is 2.43. The minimum absolute atomic E-state index is 0.404. The van der Waals surface area contributed by atoms with Gasteiger partial charge in [0.15, 0.2) is 0 Å². The van der Waals surface area contributed by atoms with Crippen LogP contribution < -0.4 is 0 Å². The van der Waals surface area contributed by atoms with E-state index < -0.39 is 12.1 Å². The summed E-state index contributed by atoms with van der Waals surface area (Å²) in [4.78, 5) is 16.3. The van der Waals surface area contributed by atoms with Gasteiger partial charge in [-0.15, -0.1) is 0 Å². The average Bonchev–Trinajstić information content (AvgIpc) is 3.34. The quantitative estimate of drug-likeness (QED) is 0.454. The first-order chi connectivity index (χ1) is 16.8. The standard InChI is InChI=1S/C24H35N3O.C2HF3O2/c1-2-21(16-19-10-5-3-6-11-19)24-25-23(26-28-24)22-13-9-12-20(17-22)18-27-14-7-4-8-15-27;3-2(4,5)1(6)7/h9,12-13,17,19,21H,2-8,10-11,14-16,18H2,1H3;(H,6,7). The number of likely N-dealkylation sites (tertiary alicyclic amines) is 1. The van der Waals surface area contributed by atoms with Crippen molar-refractivity contribution in [3.8, 4) is 11.4 Å². The minimum atomic E-state index is -5.08. The molecule has 1 aliphatic carbocycles. The molecule has 1 aromatic heterocycles. The van der Waals surface area contributed by atoms with Crippen molar-refractivity contribution in [2.45, 2.75) is 89.8 Å². The maximum Gasteiger partial charge on any atom is 0.490 e. The van der Waals surface area contributed by atoms with Gasteiger partial charge in [0.1, 0.15) is 0 Å². The van der Waals surface area contributed by atoms with Gasteiger partial charge in [0.25, 0.3) is 0 Å². The van der Waals surface area contributed by atoms with Crippen molar-refractivity contribution in [3.05, 3.63) is 35.7 Å². The highest BCUT2D eigenvalue weighted by Gasteiger charge is 2.38. The largest absolute Gasteiger partial charge is 0.490 e. The van der Waals surface area contributed by atoms with E-state index in [0.29, 0.717) is 5.92 Å². The van der Waals surface area contributed by atoms with Crippen LogP contribution in [0.5, 0.6) is 0 Å². The van der Waals surface area contributed by atoms with Crippen molar-refractivity contribution in [2.75, 3.05) is 13.1 Å². The summed E-state index contributed by atoms with van der Waals surface area (Å²) in [7, 11) is 0. The van der Waals surface area contributed by atoms with Crippen LogP contribution in [-0.2, 0) is 11.3 Å². The molecule has 35 heavy (non-hydrogen) atoms. The molecule has 2 aromatic rings. The van der Waals surface area contributed by atoms with Gasteiger partial charge in [-0.25, -0.2) is 4.79 Å². The number of aromatic nitrogens is 2. The van der Waals surface area contributed by atoms with E-state index in [0.717, 1.165) is 36.2 Å². The maximum absolute atomic E-state index is 10.6. The van der Waals surface area contributed by atoms with E-state index in [4.69, 9.17) is 19.4 Å². The van der Waals surface area contributed by atoms with Crippen LogP contribution in [-0.4, -0.2) is 45.4 Å². The van der Waals surface area contributed by atoms with Gasteiger partial charge in [0, 0.05) is 18.0 Å². The number of carboxylic acids is 1. The molecule has 2 heterocycles. The van der Waals surface area contributed by atoms with Crippen LogP contribution in [0.4, 0.5) is 13.2 Å². The van der Waals surface area contributed by atoms with Crippen molar-refractivity contribution >= 4 is 5.97 Å². The number of benzene rings is 1. The van der Waals surface area contributed by atoms with E-state index in [1.807, 2.05) is 0 Å². The van der Waals surface area contributed by atoms with E-state index in [-0.39, 0.29) is 0 Å². The number of halogens is 3. The first-order valence-corrected chi connectivity index (χ1v) is 12.7. The van der Waals surface area contributed by atoms with Crippen molar-refractivity contribution in [2.24, 2.45) is 5.92 Å². The molecule has 1 aromatic carbocycles. The minimum Gasteiger partial charge on any atom is -0.475 e. The van der Waals surface area contributed by atoms with Gasteiger partial charge >= 0.3 is 12.1 Å². The number of carbonyl (C=O) groups is 1. The SMILES string of the molecule is CCC(CC1CCCCC1)c1nc(-c2cccc(CN3CCCCC3)c2)no1.O=C(O)C(F)(F)F. The molecule has 1 unspecified atom stereocenters. The molecule has 1 saturated carbocycles. The topological polar surface area (TPSA) is 79.5 Å². The molecule has 0 radical (unpaired) electrons. The first-order valence-electron chi connectivity index (χ1n) is 12.7. The normalized spacial score (nSPS) is 18.5. The van der Waals surface area contributed by atoms with Crippen molar-refractivity contribution in [1.82, 2.24) is 15.0 Å². The maximum atomic E-state index is 10.6. The van der Waals surface area contributed by atoms with Crippen LogP contribution in [0.1, 0.15) is 88.5 Å². The second kappa shape index (κ2) is 13.0. The number of rotatable bonds is 7. The van der Waals surface area contributed by atoms with Gasteiger partial charge in [-0.3, -0.25) is 4.90 Å². The molecule has 1 saturated heterocycles. The summed E-state index contributed by atoms with van der Waals surface area (Å²) in [6.07, 6.45) is 8.15. The van der Waals surface area contributed by atoms with Gasteiger partial charge in [-0.1, -0.05) is 68.8 Å². The summed E-state index contributed by atoms with van der Waals surface area (Å²) in [6, 6.07) is 8.70. The fourth-order valence-corrected chi connectivity index (χ4v) is 4.97. The fraction of sp³-hybridized carbons (Fsp3) is 0.654. The lowest BCUT2D eigenvalue weighted by Crippen LogP contribution is -2.29. The number of alkyl halides is 3. The zero-order valence-electron chi connectivity index (χ0n) is 20.4. The number of carboxylic acid groups (broad SMARTS) is 1. The Bertz CT molecular complexity index is 920. The molecule has 194 valence electrons. The third-order valence-electron chi connectivity index (χ3n) is 6.91. The molecule has 1 N–H and O–H groups in total. The van der Waals surface area contributed by atoms with Gasteiger partial charge in [0.2, 0.25) is 11.7 Å². The molecule has 1 atom stereocenters. The van der Waals surface area contributed by atoms with Crippen LogP contribution in [0.3, 0.4) is 0 Å². The zero-order valence-corrected chi connectivity index (χ0v) is 20.4. The van der Waals surface area contributed by atoms with Gasteiger partial charge in [-0.2, -0.15) is 18.2 Å². The van der Waals surface area contributed by atoms with Crippen LogP contribution in [0.15, 0.2) is 28.8 Å². The highest BCUT2D eigenvalue weighted by Crippen LogP contribution is 2.34. The predicted octanol–water partition coefficient (Wildman–Crippen LogP) is 6.82. The Hall–Kier alpha value is -2.42. The lowest BCUT2D eigenvalue weighted by atomic mass is 9.82. The third-order valence-corrected chi connectivity index (χ3v) is 6.91. The third kappa shape index (κ3) is 8.63. The smallest absolute Gasteiger partial charge is 0.475 e. The van der Waals surface area contributed by atoms with E-state index in [1.165, 1.54) is 76.4 Å². The van der Waals surface area contributed by atoms with Gasteiger partial charge < -0.3 is 9.63 Å². The molecule has 0 amide bonds. The van der Waals surface area contributed by atoms with Crippen molar-refractivity contribution in [1.29, 1.82) is 0 Å². The number of nitrogens with zero attached hydrogens (tertiary/aromatic N) is 3. The monoisotopic (exact) mass is 495 g/mol. The Labute approximate surface area is 204 Å². The summed E-state index contributed by atoms with van der Waals surface area (Å²) < 4.78 is 37.5. The van der Waals surface area contributed by atoms with Gasteiger partial charge in [0.05, 0.1) is 0 Å². The average molecular weight is 496 g/mol. The predicted molar refractivity (Wildman–Crippen MR) is 127 cm³/mol. The van der Waals surface area contributed by atoms with E-state index >= 15 is 0 Å². The Morgan fingerprint density at radius 3 is 2.43 bits per heavy atom. The molecule has 4 rings (SSSR count). The number of hydrogen-bond donors (Lipinski definition) is 1. The summed E-state index contributed by atoms with van der Waals surface area (Å²) >= 11 is 0. The van der Waals surface area contributed by atoms with Crippen molar-refractivity contribution in [3.63, 3.8) is 0 Å². The molecule has 2 fully saturated rings. The van der Waals surface area contributed by atoms with Crippen LogP contribution in [0.25, 0.3) is 11.4 Å². The second-order valence-corrected chi connectivity index (χ2v) is 9.64. The molecule has 6 nitrogen and oxygen atoms in total. The molecule has 9 heteroatoms. The van der Waals surface area contributed by atoms with E-state index in [9.17, 15) is 13.2 Å². The second-order valence-electron chi connectivity index (χ2n) is 9.64. The van der Waals surface area contributed by atoms with Gasteiger partial charge in [-0.05, 0) is 56.3 Å². The van der Waals surface area contributed by atoms with Crippen LogP contribution >= 0.6 is 0 Å². The van der Waals surface area contributed by atoms with Crippen molar-refractivity contribution < 1.29 is 27.6 Å². The molecule has 0 bridgehead atoms. The molecule has 2 aliphatic rings. The summed E-state index contributed by atoms with van der Waals surface area (Å²) in [5.74, 6) is 0.0670. The lowest BCUT2D eigenvalue weighted by Gasteiger charge is -2.26. The Balaban J connectivity index is 0.000000429. The molecular formula is C26H36F3N3O3. The zero-order chi connectivity index (χ0) is 25.3. The molecular weight excluding hydrogens is 459 g/mol. The van der Waals surface area contributed by atoms with Crippen LogP contribution in [0.2, 0.25) is 0 Å². The molecule has 1 aliphatic heterocycles. The molecule has 0 spiro atoms. The fourth-order valence-electron chi connectivity index (χ4n) is 4.97. The Morgan fingerprint density at radius 1 is 1.14 bits per heavy atom. The number of piperidine rings is 1. The lowest BCUT2D eigenvalue weighted by molar-refractivity contribution is -0.192. The highest BCUT2D eigenvalue weighted by atomic mass is 19.4. The highest BCUT2D eigenvalue weighted by molar-refractivity contribution is 5.73. The number of hydrogen-bond acceptors (Lipinski definition) is 5. The Morgan fingerprint density at radius 2 is 1.80 bits per heavy atom.